The predicted octanol–water partition coefficient (Wildman–Crippen LogP) is 2.20. The van der Waals surface area contributed by atoms with E-state index in [0.717, 1.165) is 32.6 Å². The molecule has 0 aliphatic carbocycles. The fraction of sp³-hybridized carbons (Fsp3) is 0.533. The molecule has 0 atom stereocenters. The highest BCUT2D eigenvalue weighted by atomic mass is 16.5. The minimum atomic E-state index is -0.372. The number of methoxy groups -OCH3 is 1. The van der Waals surface area contributed by atoms with E-state index >= 15 is 0 Å². The standard InChI is InChI=1S/C15H25N3O2/c1-4-18(5-2)11-7-10-17-14-12(15(19)20-3)8-6-9-13(14)16/h6,8-9,17H,4-5,7,10-11,16H2,1-3H3. The molecule has 0 radical (unpaired) electrons. The van der Waals surface area contributed by atoms with Crippen LogP contribution in [-0.4, -0.2) is 44.2 Å². The lowest BCUT2D eigenvalue weighted by Crippen LogP contribution is -2.25. The van der Waals surface area contributed by atoms with Crippen LogP contribution in [0.5, 0.6) is 0 Å². The summed E-state index contributed by atoms with van der Waals surface area (Å²) in [6, 6.07) is 5.25. The number of carbonyl (C=O) groups is 1. The zero-order chi connectivity index (χ0) is 15.0. The Morgan fingerprint density at radius 2 is 2.05 bits per heavy atom. The molecule has 0 aliphatic heterocycles. The van der Waals surface area contributed by atoms with E-state index in [4.69, 9.17) is 10.5 Å². The number of nitrogens with zero attached hydrogens (tertiary/aromatic N) is 1. The minimum Gasteiger partial charge on any atom is -0.465 e. The summed E-state index contributed by atoms with van der Waals surface area (Å²) in [5.41, 5.74) is 7.64. The number of nitrogens with two attached hydrogens (primary N) is 1. The highest BCUT2D eigenvalue weighted by molar-refractivity contribution is 5.98. The van der Waals surface area contributed by atoms with Gasteiger partial charge >= 0.3 is 5.97 Å². The molecule has 20 heavy (non-hydrogen) atoms. The van der Waals surface area contributed by atoms with Crippen LogP contribution in [0.4, 0.5) is 11.4 Å². The van der Waals surface area contributed by atoms with Crippen molar-refractivity contribution in [2.24, 2.45) is 0 Å². The van der Waals surface area contributed by atoms with Crippen molar-refractivity contribution in [1.29, 1.82) is 0 Å². The van der Waals surface area contributed by atoms with Gasteiger partial charge in [-0.15, -0.1) is 0 Å². The van der Waals surface area contributed by atoms with Crippen molar-refractivity contribution in [3.05, 3.63) is 23.8 Å². The maximum absolute atomic E-state index is 11.7. The van der Waals surface area contributed by atoms with Crippen LogP contribution in [0.25, 0.3) is 0 Å². The Morgan fingerprint density at radius 1 is 1.35 bits per heavy atom. The molecule has 0 fully saturated rings. The average Bonchev–Trinajstić information content (AvgIpc) is 2.47. The first-order valence-corrected chi connectivity index (χ1v) is 7.07. The van der Waals surface area contributed by atoms with Crippen LogP contribution >= 0.6 is 0 Å². The first-order chi connectivity index (χ1) is 9.63. The summed E-state index contributed by atoms with van der Waals surface area (Å²) in [6.07, 6.45) is 0.997. The van der Waals surface area contributed by atoms with Crippen molar-refractivity contribution >= 4 is 17.3 Å². The number of nitrogen functional groups attached to an aromatic ring is 1. The number of nitrogens with one attached hydrogen (secondary N) is 1. The van der Waals surface area contributed by atoms with E-state index < -0.39 is 0 Å². The third-order valence-electron chi connectivity index (χ3n) is 3.35. The summed E-state index contributed by atoms with van der Waals surface area (Å²) in [5.74, 6) is -0.372. The number of ether oxygens (including phenoxy) is 1. The normalized spacial score (nSPS) is 10.6. The Balaban J connectivity index is 2.61. The van der Waals surface area contributed by atoms with Crippen LogP contribution in [0.1, 0.15) is 30.6 Å². The molecule has 0 unspecified atom stereocenters. The van der Waals surface area contributed by atoms with Crippen molar-refractivity contribution in [2.75, 3.05) is 44.3 Å². The molecule has 0 bridgehead atoms. The molecule has 0 aliphatic rings. The molecule has 0 saturated carbocycles. The molecule has 0 heterocycles. The quantitative estimate of drug-likeness (QED) is 0.434. The van der Waals surface area contributed by atoms with E-state index in [1.54, 1.807) is 18.2 Å². The number of hydrogen-bond acceptors (Lipinski definition) is 5. The molecule has 0 spiro atoms. The summed E-state index contributed by atoms with van der Waals surface area (Å²) < 4.78 is 4.77. The zero-order valence-electron chi connectivity index (χ0n) is 12.6. The first-order valence-electron chi connectivity index (χ1n) is 7.07. The number of hydrogen-bond donors (Lipinski definition) is 2. The lowest BCUT2D eigenvalue weighted by atomic mass is 10.1. The molecular weight excluding hydrogens is 254 g/mol. The molecule has 1 aromatic carbocycles. The van der Waals surface area contributed by atoms with Gasteiger partial charge in [-0.25, -0.2) is 4.79 Å². The fourth-order valence-electron chi connectivity index (χ4n) is 2.10. The van der Waals surface area contributed by atoms with Gasteiger partial charge in [-0.2, -0.15) is 0 Å². The number of esters is 1. The van der Waals surface area contributed by atoms with Gasteiger partial charge in [-0.05, 0) is 38.2 Å². The van der Waals surface area contributed by atoms with E-state index in [9.17, 15) is 4.79 Å². The second-order valence-corrected chi connectivity index (χ2v) is 4.57. The van der Waals surface area contributed by atoms with Gasteiger partial charge in [0.15, 0.2) is 0 Å². The lowest BCUT2D eigenvalue weighted by Gasteiger charge is -2.18. The topological polar surface area (TPSA) is 67.6 Å². The maximum atomic E-state index is 11.7. The van der Waals surface area contributed by atoms with Crippen LogP contribution < -0.4 is 11.1 Å². The van der Waals surface area contributed by atoms with E-state index in [0.29, 0.717) is 16.9 Å². The van der Waals surface area contributed by atoms with Crippen molar-refractivity contribution < 1.29 is 9.53 Å². The molecule has 0 saturated heterocycles. The maximum Gasteiger partial charge on any atom is 0.340 e. The summed E-state index contributed by atoms with van der Waals surface area (Å²) >= 11 is 0. The third kappa shape index (κ3) is 4.42. The van der Waals surface area contributed by atoms with Gasteiger partial charge in [0.1, 0.15) is 0 Å². The highest BCUT2D eigenvalue weighted by Gasteiger charge is 2.13. The largest absolute Gasteiger partial charge is 0.465 e. The average molecular weight is 279 g/mol. The molecule has 1 rings (SSSR count). The molecule has 1 aromatic rings. The van der Waals surface area contributed by atoms with Crippen LogP contribution in [0, 0.1) is 0 Å². The number of carbonyl (C=O) groups excluding carboxylic acids is 1. The van der Waals surface area contributed by atoms with E-state index in [1.165, 1.54) is 7.11 Å². The lowest BCUT2D eigenvalue weighted by molar-refractivity contribution is 0.0602. The van der Waals surface area contributed by atoms with Gasteiger partial charge in [0.2, 0.25) is 0 Å². The summed E-state index contributed by atoms with van der Waals surface area (Å²) in [4.78, 5) is 14.1. The van der Waals surface area contributed by atoms with Crippen LogP contribution in [0.3, 0.4) is 0 Å². The second-order valence-electron chi connectivity index (χ2n) is 4.57. The SMILES string of the molecule is CCN(CC)CCCNc1c(N)cccc1C(=O)OC. The molecule has 0 amide bonds. The molecular formula is C15H25N3O2. The number of para-hydroxylation sites is 1. The van der Waals surface area contributed by atoms with E-state index in [1.807, 2.05) is 0 Å². The number of anilines is 2. The van der Waals surface area contributed by atoms with Gasteiger partial charge in [0.25, 0.3) is 0 Å². The van der Waals surface area contributed by atoms with Crippen molar-refractivity contribution in [3.8, 4) is 0 Å². The van der Waals surface area contributed by atoms with Gasteiger partial charge in [-0.3, -0.25) is 0 Å². The Hall–Kier alpha value is -1.75. The number of benzene rings is 1. The molecule has 5 heteroatoms. The Morgan fingerprint density at radius 3 is 2.65 bits per heavy atom. The molecule has 3 N–H and O–H groups in total. The van der Waals surface area contributed by atoms with Gasteiger partial charge in [0, 0.05) is 6.54 Å². The Labute approximate surface area is 121 Å². The fourth-order valence-corrected chi connectivity index (χ4v) is 2.10. The molecule has 5 nitrogen and oxygen atoms in total. The highest BCUT2D eigenvalue weighted by Crippen LogP contribution is 2.24. The predicted molar refractivity (Wildman–Crippen MR) is 83.1 cm³/mol. The molecule has 0 aromatic heterocycles. The smallest absolute Gasteiger partial charge is 0.340 e. The van der Waals surface area contributed by atoms with E-state index in [2.05, 4.69) is 24.1 Å². The summed E-state index contributed by atoms with van der Waals surface area (Å²) in [5, 5.41) is 3.25. The van der Waals surface area contributed by atoms with Gasteiger partial charge < -0.3 is 20.7 Å². The summed E-state index contributed by atoms with van der Waals surface area (Å²) in [6.45, 7) is 8.22. The Kier molecular flexibility index (Phi) is 6.87. The van der Waals surface area contributed by atoms with E-state index in [-0.39, 0.29) is 5.97 Å². The Bertz CT molecular complexity index is 431. The number of rotatable bonds is 8. The van der Waals surface area contributed by atoms with Gasteiger partial charge in [-0.1, -0.05) is 19.9 Å². The van der Waals surface area contributed by atoms with Crippen molar-refractivity contribution in [2.45, 2.75) is 20.3 Å². The first kappa shape index (κ1) is 16.3. The minimum absolute atomic E-state index is 0.372. The van der Waals surface area contributed by atoms with Crippen molar-refractivity contribution in [3.63, 3.8) is 0 Å². The summed E-state index contributed by atoms with van der Waals surface area (Å²) in [7, 11) is 1.37. The van der Waals surface area contributed by atoms with Crippen LogP contribution in [0.15, 0.2) is 18.2 Å². The van der Waals surface area contributed by atoms with Crippen LogP contribution in [0.2, 0.25) is 0 Å². The molecule has 112 valence electrons. The zero-order valence-corrected chi connectivity index (χ0v) is 12.6. The van der Waals surface area contributed by atoms with Crippen LogP contribution in [-0.2, 0) is 4.74 Å². The van der Waals surface area contributed by atoms with Gasteiger partial charge in [0.05, 0.1) is 24.0 Å². The second kappa shape index (κ2) is 8.43. The third-order valence-corrected chi connectivity index (χ3v) is 3.35. The monoisotopic (exact) mass is 279 g/mol. The van der Waals surface area contributed by atoms with Crippen molar-refractivity contribution in [1.82, 2.24) is 4.90 Å².